The van der Waals surface area contributed by atoms with Crippen molar-refractivity contribution in [3.63, 3.8) is 0 Å². The molecule has 0 bridgehead atoms. The standard InChI is InChI=1S/C26H43N3/c1-21(2)10-7-6-8-16-28-26(27-5)11-9-17-29-18-14-24(15-19-29)25-13-12-22(3)20-23(25)4/h12-13,20,24H,1,6-11,14-19H2,2-5H3,(H,27,28). The van der Waals surface area contributed by atoms with Crippen molar-refractivity contribution in [1.82, 2.24) is 10.2 Å². The number of rotatable bonds is 11. The van der Waals surface area contributed by atoms with E-state index in [1.165, 1.54) is 80.7 Å². The monoisotopic (exact) mass is 397 g/mol. The van der Waals surface area contributed by atoms with Gasteiger partial charge < -0.3 is 10.2 Å². The highest BCUT2D eigenvalue weighted by atomic mass is 15.1. The second kappa shape index (κ2) is 12.8. The second-order valence-corrected chi connectivity index (χ2v) is 8.94. The van der Waals surface area contributed by atoms with Gasteiger partial charge in [0.25, 0.3) is 0 Å². The van der Waals surface area contributed by atoms with Crippen molar-refractivity contribution < 1.29 is 0 Å². The van der Waals surface area contributed by atoms with Crippen molar-refractivity contribution in [2.24, 2.45) is 4.99 Å². The largest absolute Gasteiger partial charge is 0.374 e. The van der Waals surface area contributed by atoms with E-state index >= 15 is 0 Å². The number of amidine groups is 1. The van der Waals surface area contributed by atoms with Crippen molar-refractivity contribution in [2.45, 2.75) is 78.1 Å². The summed E-state index contributed by atoms with van der Waals surface area (Å²) in [5, 5.41) is 3.54. The molecule has 0 amide bonds. The number of allylic oxidation sites excluding steroid dienone is 1. The number of nitrogens with one attached hydrogen (secondary N) is 1. The van der Waals surface area contributed by atoms with E-state index in [-0.39, 0.29) is 0 Å². The summed E-state index contributed by atoms with van der Waals surface area (Å²) < 4.78 is 0. The number of aliphatic imine (C=N–C) groups is 1. The summed E-state index contributed by atoms with van der Waals surface area (Å²) in [6.07, 6.45) is 9.76. The SMILES string of the molecule is C=C(C)CCCCCNC(CCCN1CCC(c2ccc(C)cc2C)CC1)=NC. The maximum absolute atomic E-state index is 4.46. The highest BCUT2D eigenvalue weighted by Crippen LogP contribution is 2.30. The molecule has 1 aromatic carbocycles. The predicted molar refractivity (Wildman–Crippen MR) is 128 cm³/mol. The number of aryl methyl sites for hydroxylation is 2. The molecule has 1 heterocycles. The van der Waals surface area contributed by atoms with Gasteiger partial charge in [-0.25, -0.2) is 0 Å². The quantitative estimate of drug-likeness (QED) is 0.214. The minimum absolute atomic E-state index is 0.742. The van der Waals surface area contributed by atoms with Gasteiger partial charge in [-0.05, 0) is 96.0 Å². The number of unbranched alkanes of at least 4 members (excludes halogenated alkanes) is 2. The number of piperidine rings is 1. The molecule has 0 radical (unpaired) electrons. The van der Waals surface area contributed by atoms with Gasteiger partial charge in [0.2, 0.25) is 0 Å². The molecule has 1 fully saturated rings. The third kappa shape index (κ3) is 8.74. The molecule has 0 spiro atoms. The fourth-order valence-electron chi connectivity index (χ4n) is 4.46. The predicted octanol–water partition coefficient (Wildman–Crippen LogP) is 6.02. The van der Waals surface area contributed by atoms with Crippen LogP contribution in [0.5, 0.6) is 0 Å². The molecule has 2 rings (SSSR count). The average Bonchev–Trinajstić information content (AvgIpc) is 2.69. The van der Waals surface area contributed by atoms with Crippen molar-refractivity contribution >= 4 is 5.84 Å². The van der Waals surface area contributed by atoms with E-state index in [0.29, 0.717) is 0 Å². The van der Waals surface area contributed by atoms with Crippen molar-refractivity contribution in [3.8, 4) is 0 Å². The minimum Gasteiger partial charge on any atom is -0.374 e. The summed E-state index contributed by atoms with van der Waals surface area (Å²) in [6, 6.07) is 6.97. The van der Waals surface area contributed by atoms with E-state index in [2.05, 4.69) is 60.8 Å². The van der Waals surface area contributed by atoms with Crippen LogP contribution >= 0.6 is 0 Å². The lowest BCUT2D eigenvalue weighted by atomic mass is 9.86. The van der Waals surface area contributed by atoms with Crippen molar-refractivity contribution in [2.75, 3.05) is 33.2 Å². The zero-order valence-corrected chi connectivity index (χ0v) is 19.4. The molecule has 1 N–H and O–H groups in total. The smallest absolute Gasteiger partial charge is 0.0960 e. The van der Waals surface area contributed by atoms with Crippen LogP contribution in [-0.2, 0) is 0 Å². The first kappa shape index (κ1) is 23.7. The lowest BCUT2D eigenvalue weighted by Crippen LogP contribution is -2.34. The van der Waals surface area contributed by atoms with Crippen LogP contribution < -0.4 is 5.32 Å². The molecule has 0 unspecified atom stereocenters. The van der Waals surface area contributed by atoms with E-state index < -0.39 is 0 Å². The molecule has 0 aliphatic carbocycles. The van der Waals surface area contributed by atoms with Crippen molar-refractivity contribution in [1.29, 1.82) is 0 Å². The van der Waals surface area contributed by atoms with Gasteiger partial charge in [-0.1, -0.05) is 35.8 Å². The lowest BCUT2D eigenvalue weighted by molar-refractivity contribution is 0.211. The van der Waals surface area contributed by atoms with Crippen LogP contribution in [-0.4, -0.2) is 44.0 Å². The van der Waals surface area contributed by atoms with Crippen LogP contribution in [0.3, 0.4) is 0 Å². The Morgan fingerprint density at radius 3 is 2.52 bits per heavy atom. The van der Waals surface area contributed by atoms with Gasteiger partial charge >= 0.3 is 0 Å². The average molecular weight is 398 g/mol. The first-order chi connectivity index (χ1) is 14.0. The summed E-state index contributed by atoms with van der Waals surface area (Å²) in [4.78, 5) is 7.10. The third-order valence-corrected chi connectivity index (χ3v) is 6.22. The molecule has 162 valence electrons. The molecule has 0 aromatic heterocycles. The van der Waals surface area contributed by atoms with Gasteiger partial charge in [-0.15, -0.1) is 6.58 Å². The molecule has 1 aliphatic rings. The molecule has 3 heteroatoms. The minimum atomic E-state index is 0.742. The first-order valence-corrected chi connectivity index (χ1v) is 11.6. The Morgan fingerprint density at radius 2 is 1.86 bits per heavy atom. The molecule has 0 saturated carbocycles. The second-order valence-electron chi connectivity index (χ2n) is 8.94. The number of hydrogen-bond donors (Lipinski definition) is 1. The van der Waals surface area contributed by atoms with Crippen LogP contribution in [0, 0.1) is 13.8 Å². The Morgan fingerprint density at radius 1 is 1.10 bits per heavy atom. The van der Waals surface area contributed by atoms with Gasteiger partial charge in [0.05, 0.1) is 5.84 Å². The number of likely N-dealkylation sites (tertiary alicyclic amines) is 1. The van der Waals surface area contributed by atoms with Crippen LogP contribution in [0.25, 0.3) is 0 Å². The number of hydrogen-bond acceptors (Lipinski definition) is 2. The fraction of sp³-hybridized carbons (Fsp3) is 0.654. The Kier molecular flexibility index (Phi) is 10.5. The normalized spacial score (nSPS) is 16.2. The molecular weight excluding hydrogens is 354 g/mol. The van der Waals surface area contributed by atoms with E-state index in [1.807, 2.05) is 7.05 Å². The first-order valence-electron chi connectivity index (χ1n) is 11.6. The molecule has 1 saturated heterocycles. The van der Waals surface area contributed by atoms with Crippen LogP contribution in [0.4, 0.5) is 0 Å². The summed E-state index contributed by atoms with van der Waals surface area (Å²) in [5.74, 6) is 1.92. The van der Waals surface area contributed by atoms with E-state index in [9.17, 15) is 0 Å². The number of benzene rings is 1. The lowest BCUT2D eigenvalue weighted by Gasteiger charge is -2.33. The van der Waals surface area contributed by atoms with E-state index in [4.69, 9.17) is 0 Å². The Balaban J connectivity index is 1.60. The molecule has 3 nitrogen and oxygen atoms in total. The van der Waals surface area contributed by atoms with Crippen molar-refractivity contribution in [3.05, 3.63) is 47.0 Å². The van der Waals surface area contributed by atoms with Gasteiger partial charge in [0, 0.05) is 20.0 Å². The highest BCUT2D eigenvalue weighted by molar-refractivity contribution is 5.81. The van der Waals surface area contributed by atoms with Gasteiger partial charge in [0.1, 0.15) is 0 Å². The topological polar surface area (TPSA) is 27.6 Å². The third-order valence-electron chi connectivity index (χ3n) is 6.22. The molecule has 1 aromatic rings. The number of nitrogens with zero attached hydrogens (tertiary/aromatic N) is 2. The zero-order chi connectivity index (χ0) is 21.1. The molecular formula is C26H43N3. The van der Waals surface area contributed by atoms with E-state index in [1.54, 1.807) is 5.56 Å². The summed E-state index contributed by atoms with van der Waals surface area (Å²) in [5.41, 5.74) is 5.71. The summed E-state index contributed by atoms with van der Waals surface area (Å²) in [6.45, 7) is 15.2. The van der Waals surface area contributed by atoms with Gasteiger partial charge in [-0.2, -0.15) is 0 Å². The van der Waals surface area contributed by atoms with Gasteiger partial charge in [0.15, 0.2) is 0 Å². The molecule has 29 heavy (non-hydrogen) atoms. The Labute approximate surface area is 179 Å². The van der Waals surface area contributed by atoms with Crippen LogP contribution in [0.1, 0.15) is 80.9 Å². The molecule has 1 aliphatic heterocycles. The Hall–Kier alpha value is -1.61. The highest BCUT2D eigenvalue weighted by Gasteiger charge is 2.21. The van der Waals surface area contributed by atoms with Crippen LogP contribution in [0.15, 0.2) is 35.3 Å². The summed E-state index contributed by atoms with van der Waals surface area (Å²) in [7, 11) is 1.92. The Bertz CT molecular complexity index is 654. The maximum Gasteiger partial charge on any atom is 0.0960 e. The fourth-order valence-corrected chi connectivity index (χ4v) is 4.46. The molecule has 0 atom stereocenters. The summed E-state index contributed by atoms with van der Waals surface area (Å²) >= 11 is 0. The maximum atomic E-state index is 4.46. The van der Waals surface area contributed by atoms with Crippen LogP contribution in [0.2, 0.25) is 0 Å². The zero-order valence-electron chi connectivity index (χ0n) is 19.4. The van der Waals surface area contributed by atoms with E-state index in [0.717, 1.165) is 25.3 Å². The van der Waals surface area contributed by atoms with Gasteiger partial charge in [-0.3, -0.25) is 4.99 Å².